The third-order valence-electron chi connectivity index (χ3n) is 9.31. The summed E-state index contributed by atoms with van der Waals surface area (Å²) in [5, 5.41) is 3.56. The molecule has 8 aliphatic carbocycles. The van der Waals surface area contributed by atoms with Crippen molar-refractivity contribution in [3.8, 4) is 0 Å². The van der Waals surface area contributed by atoms with Crippen molar-refractivity contribution < 1.29 is 4.79 Å². The number of carbonyl (C=O) groups is 1. The molecule has 1 amide bonds. The van der Waals surface area contributed by atoms with E-state index in [1.54, 1.807) is 0 Å². The summed E-state index contributed by atoms with van der Waals surface area (Å²) < 4.78 is 0. The lowest BCUT2D eigenvalue weighted by atomic mass is 9.48. The third-order valence-corrected chi connectivity index (χ3v) is 9.31. The van der Waals surface area contributed by atoms with Gasteiger partial charge in [-0.05, 0) is 118 Å². The molecule has 0 heterocycles. The number of rotatable bonds is 3. The maximum Gasteiger partial charge on any atom is 0.226 e. The van der Waals surface area contributed by atoms with E-state index in [1.165, 1.54) is 77.0 Å². The Morgan fingerprint density at radius 3 is 1.46 bits per heavy atom. The van der Waals surface area contributed by atoms with E-state index in [0.717, 1.165) is 42.1 Å². The molecule has 0 aliphatic heterocycles. The molecule has 0 aromatic heterocycles. The van der Waals surface area contributed by atoms with Gasteiger partial charge in [0.25, 0.3) is 0 Å². The van der Waals surface area contributed by atoms with E-state index in [1.807, 2.05) is 0 Å². The second kappa shape index (κ2) is 4.80. The summed E-state index contributed by atoms with van der Waals surface area (Å²) in [4.78, 5) is 13.3. The first-order valence-corrected chi connectivity index (χ1v) is 10.9. The average molecular weight is 328 g/mol. The molecule has 0 atom stereocenters. The van der Waals surface area contributed by atoms with Crippen LogP contribution >= 0.6 is 0 Å². The van der Waals surface area contributed by atoms with E-state index in [0.29, 0.717) is 11.3 Å². The second-order valence-electron chi connectivity index (χ2n) is 11.3. The minimum Gasteiger partial charge on any atom is -0.355 e. The van der Waals surface area contributed by atoms with Crippen LogP contribution in [0.25, 0.3) is 0 Å². The number of nitrogens with one attached hydrogen (secondary N) is 1. The van der Waals surface area contributed by atoms with Crippen LogP contribution in [-0.2, 0) is 4.79 Å². The number of amides is 1. The zero-order valence-corrected chi connectivity index (χ0v) is 15.1. The molecule has 8 saturated carbocycles. The maximum atomic E-state index is 13.3. The standard InChI is InChI=1S/C22H33NO/c24-20(22-10-17-4-18(11-22)6-19(5-17)12-22)23-13-21-7-14-1-15(8-21)3-16(2-14)9-21/h14-19H,1-13H2,(H,23,24). The van der Waals surface area contributed by atoms with Gasteiger partial charge in [-0.3, -0.25) is 4.79 Å². The summed E-state index contributed by atoms with van der Waals surface area (Å²) in [6.07, 6.45) is 16.7. The highest BCUT2D eigenvalue weighted by Gasteiger charge is 2.55. The summed E-state index contributed by atoms with van der Waals surface area (Å²) >= 11 is 0. The lowest BCUT2D eigenvalue weighted by Crippen LogP contribution is -2.56. The monoisotopic (exact) mass is 327 g/mol. The van der Waals surface area contributed by atoms with Gasteiger partial charge in [0.05, 0.1) is 0 Å². The van der Waals surface area contributed by atoms with Crippen molar-refractivity contribution in [2.75, 3.05) is 6.54 Å². The van der Waals surface area contributed by atoms with Crippen molar-refractivity contribution in [1.82, 2.24) is 5.32 Å². The van der Waals surface area contributed by atoms with Crippen molar-refractivity contribution in [3.05, 3.63) is 0 Å². The highest BCUT2D eigenvalue weighted by molar-refractivity contribution is 5.83. The smallest absolute Gasteiger partial charge is 0.226 e. The van der Waals surface area contributed by atoms with Crippen LogP contribution in [0.15, 0.2) is 0 Å². The molecule has 1 N–H and O–H groups in total. The second-order valence-corrected chi connectivity index (χ2v) is 11.3. The molecule has 0 aromatic rings. The fourth-order valence-corrected chi connectivity index (χ4v) is 9.35. The van der Waals surface area contributed by atoms with Crippen molar-refractivity contribution in [2.45, 2.75) is 77.0 Å². The first-order valence-electron chi connectivity index (χ1n) is 10.9. The molecule has 0 saturated heterocycles. The average Bonchev–Trinajstić information content (AvgIpc) is 2.50. The molecule has 8 fully saturated rings. The van der Waals surface area contributed by atoms with Gasteiger partial charge in [-0.15, -0.1) is 0 Å². The predicted octanol–water partition coefficient (Wildman–Crippen LogP) is 4.54. The van der Waals surface area contributed by atoms with E-state index in [9.17, 15) is 4.79 Å². The minimum absolute atomic E-state index is 0.0526. The summed E-state index contributed by atoms with van der Waals surface area (Å²) in [6.45, 7) is 1.01. The van der Waals surface area contributed by atoms with Crippen molar-refractivity contribution in [3.63, 3.8) is 0 Å². The largest absolute Gasteiger partial charge is 0.355 e. The van der Waals surface area contributed by atoms with Crippen LogP contribution in [0.3, 0.4) is 0 Å². The molecule has 24 heavy (non-hydrogen) atoms. The molecule has 0 unspecified atom stereocenters. The Balaban J connectivity index is 1.17. The van der Waals surface area contributed by atoms with Crippen LogP contribution in [-0.4, -0.2) is 12.5 Å². The van der Waals surface area contributed by atoms with Gasteiger partial charge in [-0.25, -0.2) is 0 Å². The van der Waals surface area contributed by atoms with E-state index >= 15 is 0 Å². The van der Waals surface area contributed by atoms with Gasteiger partial charge in [0.2, 0.25) is 5.91 Å². The molecule has 0 radical (unpaired) electrons. The Morgan fingerprint density at radius 1 is 0.667 bits per heavy atom. The highest BCUT2D eigenvalue weighted by atomic mass is 16.2. The molecular weight excluding hydrogens is 294 g/mol. The Hall–Kier alpha value is -0.530. The fourth-order valence-electron chi connectivity index (χ4n) is 9.35. The number of hydrogen-bond donors (Lipinski definition) is 1. The molecule has 132 valence electrons. The van der Waals surface area contributed by atoms with Gasteiger partial charge in [-0.1, -0.05) is 0 Å². The molecule has 0 aromatic carbocycles. The zero-order valence-electron chi connectivity index (χ0n) is 15.1. The molecule has 2 nitrogen and oxygen atoms in total. The molecule has 8 rings (SSSR count). The van der Waals surface area contributed by atoms with Gasteiger partial charge >= 0.3 is 0 Å². The predicted molar refractivity (Wildman–Crippen MR) is 94.2 cm³/mol. The topological polar surface area (TPSA) is 29.1 Å². The summed E-state index contributed by atoms with van der Waals surface area (Å²) in [5.41, 5.74) is 0.545. The van der Waals surface area contributed by atoms with E-state index in [-0.39, 0.29) is 5.41 Å². The quantitative estimate of drug-likeness (QED) is 0.810. The lowest BCUT2D eigenvalue weighted by molar-refractivity contribution is -0.148. The SMILES string of the molecule is O=C(NCC12CC3CC(CC(C3)C1)C2)C12CC3CC(CC(C3)C1)C2. The van der Waals surface area contributed by atoms with E-state index < -0.39 is 0 Å². The maximum absolute atomic E-state index is 13.3. The van der Waals surface area contributed by atoms with Crippen LogP contribution in [0.2, 0.25) is 0 Å². The van der Waals surface area contributed by atoms with Crippen LogP contribution in [0.5, 0.6) is 0 Å². The summed E-state index contributed by atoms with van der Waals surface area (Å²) in [6, 6.07) is 0. The Labute approximate surface area is 146 Å². The molecule has 0 spiro atoms. The first-order chi connectivity index (χ1) is 11.6. The van der Waals surface area contributed by atoms with Crippen LogP contribution < -0.4 is 5.32 Å². The summed E-state index contributed by atoms with van der Waals surface area (Å²) in [7, 11) is 0. The van der Waals surface area contributed by atoms with E-state index in [2.05, 4.69) is 5.32 Å². The Morgan fingerprint density at radius 2 is 1.04 bits per heavy atom. The third kappa shape index (κ3) is 2.10. The van der Waals surface area contributed by atoms with Gasteiger partial charge in [0.15, 0.2) is 0 Å². The Kier molecular flexibility index (Phi) is 2.92. The van der Waals surface area contributed by atoms with Gasteiger partial charge in [0.1, 0.15) is 0 Å². The normalized spacial score (nSPS) is 56.7. The minimum atomic E-state index is 0.0526. The molecule has 8 bridgehead atoms. The van der Waals surface area contributed by atoms with Gasteiger partial charge < -0.3 is 5.32 Å². The van der Waals surface area contributed by atoms with Crippen molar-refractivity contribution in [2.24, 2.45) is 46.3 Å². The van der Waals surface area contributed by atoms with Crippen molar-refractivity contribution in [1.29, 1.82) is 0 Å². The zero-order chi connectivity index (χ0) is 15.9. The first kappa shape index (κ1) is 14.6. The number of carbonyl (C=O) groups excluding carboxylic acids is 1. The van der Waals surface area contributed by atoms with Crippen LogP contribution in [0.1, 0.15) is 77.0 Å². The molecule has 2 heteroatoms. The van der Waals surface area contributed by atoms with Crippen LogP contribution in [0, 0.1) is 46.3 Å². The number of hydrogen-bond acceptors (Lipinski definition) is 1. The van der Waals surface area contributed by atoms with Crippen molar-refractivity contribution >= 4 is 5.91 Å². The summed E-state index contributed by atoms with van der Waals surface area (Å²) in [5.74, 6) is 6.08. The van der Waals surface area contributed by atoms with Gasteiger partial charge in [-0.2, -0.15) is 0 Å². The highest BCUT2D eigenvalue weighted by Crippen LogP contribution is 2.61. The fraction of sp³-hybridized carbons (Fsp3) is 0.955. The van der Waals surface area contributed by atoms with Crippen LogP contribution in [0.4, 0.5) is 0 Å². The lowest BCUT2D eigenvalue weighted by Gasteiger charge is -2.58. The Bertz CT molecular complexity index is 494. The molecular formula is C22H33NO. The van der Waals surface area contributed by atoms with Gasteiger partial charge in [0, 0.05) is 12.0 Å². The van der Waals surface area contributed by atoms with E-state index in [4.69, 9.17) is 0 Å². The molecule has 8 aliphatic rings.